The minimum absolute atomic E-state index is 0. The van der Waals surface area contributed by atoms with Gasteiger partial charge in [-0.25, -0.2) is 0 Å². The molecule has 5 heteroatoms. The number of fused-ring (bicyclic) bond motifs is 1. The monoisotopic (exact) mass is 310 g/mol. The topological polar surface area (TPSA) is 50.4 Å². The smallest absolute Gasteiger partial charge is 0.237 e. The summed E-state index contributed by atoms with van der Waals surface area (Å²) >= 11 is 0. The molecule has 0 spiro atoms. The summed E-state index contributed by atoms with van der Waals surface area (Å²) < 4.78 is 5.70. The van der Waals surface area contributed by atoms with Gasteiger partial charge in [0.2, 0.25) is 5.91 Å². The molecular weight excluding hydrogens is 288 g/mol. The molecule has 2 unspecified atom stereocenters. The van der Waals surface area contributed by atoms with Crippen LogP contribution in [0.1, 0.15) is 30.9 Å². The quantitative estimate of drug-likeness (QED) is 0.895. The maximum Gasteiger partial charge on any atom is 0.237 e. The molecule has 21 heavy (non-hydrogen) atoms. The van der Waals surface area contributed by atoms with Crippen molar-refractivity contribution in [1.82, 2.24) is 10.6 Å². The van der Waals surface area contributed by atoms with Crippen LogP contribution in [0.2, 0.25) is 0 Å². The van der Waals surface area contributed by atoms with Crippen molar-refractivity contribution < 1.29 is 9.53 Å². The summed E-state index contributed by atoms with van der Waals surface area (Å²) in [7, 11) is 0. The van der Waals surface area contributed by atoms with E-state index in [4.69, 9.17) is 4.74 Å². The van der Waals surface area contributed by atoms with Crippen molar-refractivity contribution in [3.05, 3.63) is 35.4 Å². The number of amides is 1. The van der Waals surface area contributed by atoms with E-state index in [0.717, 1.165) is 32.4 Å². The lowest BCUT2D eigenvalue weighted by Gasteiger charge is -2.28. The molecule has 1 amide bonds. The zero-order chi connectivity index (χ0) is 14.0. The van der Waals surface area contributed by atoms with Crippen LogP contribution in [0.5, 0.6) is 0 Å². The van der Waals surface area contributed by atoms with E-state index < -0.39 is 0 Å². The van der Waals surface area contributed by atoms with Gasteiger partial charge in [-0.05, 0) is 37.3 Å². The summed E-state index contributed by atoms with van der Waals surface area (Å²) in [4.78, 5) is 12.3. The molecule has 0 aliphatic carbocycles. The van der Waals surface area contributed by atoms with Gasteiger partial charge >= 0.3 is 0 Å². The van der Waals surface area contributed by atoms with Crippen molar-refractivity contribution in [2.45, 2.75) is 44.4 Å². The van der Waals surface area contributed by atoms with Crippen LogP contribution in [0.4, 0.5) is 0 Å². The molecule has 3 rings (SSSR count). The molecule has 0 bridgehead atoms. The fourth-order valence-electron chi connectivity index (χ4n) is 3.01. The first-order valence-corrected chi connectivity index (χ1v) is 7.38. The average molecular weight is 311 g/mol. The van der Waals surface area contributed by atoms with Crippen LogP contribution < -0.4 is 10.6 Å². The van der Waals surface area contributed by atoms with Crippen LogP contribution in [0.15, 0.2) is 24.3 Å². The summed E-state index contributed by atoms with van der Waals surface area (Å²) in [5, 5.41) is 6.35. The molecule has 0 saturated carbocycles. The first kappa shape index (κ1) is 16.3. The molecule has 0 aromatic heterocycles. The van der Waals surface area contributed by atoms with E-state index in [1.807, 2.05) is 12.1 Å². The predicted octanol–water partition coefficient (Wildman–Crippen LogP) is 1.81. The Morgan fingerprint density at radius 3 is 2.90 bits per heavy atom. The lowest BCUT2D eigenvalue weighted by molar-refractivity contribution is -0.124. The van der Waals surface area contributed by atoms with Crippen molar-refractivity contribution in [1.29, 1.82) is 0 Å². The number of halogens is 1. The Bertz CT molecular complexity index is 501. The highest BCUT2D eigenvalue weighted by molar-refractivity contribution is 5.85. The second kappa shape index (κ2) is 6.77. The zero-order valence-corrected chi connectivity index (χ0v) is 13.2. The lowest BCUT2D eigenvalue weighted by Crippen LogP contribution is -2.50. The van der Waals surface area contributed by atoms with Crippen LogP contribution in [0.25, 0.3) is 0 Å². The van der Waals surface area contributed by atoms with Crippen molar-refractivity contribution in [2.24, 2.45) is 0 Å². The second-order valence-corrected chi connectivity index (χ2v) is 6.03. The highest BCUT2D eigenvalue weighted by Gasteiger charge is 2.31. The summed E-state index contributed by atoms with van der Waals surface area (Å²) in [6, 6.07) is 8.17. The van der Waals surface area contributed by atoms with Gasteiger partial charge in [-0.1, -0.05) is 24.3 Å². The molecule has 0 radical (unpaired) electrons. The van der Waals surface area contributed by atoms with E-state index in [1.54, 1.807) is 0 Å². The lowest BCUT2D eigenvalue weighted by atomic mass is 9.95. The number of hydrogen-bond acceptors (Lipinski definition) is 3. The second-order valence-electron chi connectivity index (χ2n) is 6.03. The Labute approximate surface area is 132 Å². The molecule has 1 fully saturated rings. The fraction of sp³-hybridized carbons (Fsp3) is 0.562. The standard InChI is InChI=1S/C16H22N2O2.ClH/c1-16(7-4-8-20-16)11-18-15(19)14-9-12-5-2-3-6-13(12)10-17-14;/h2-3,5-6,14,17H,4,7-11H2,1H3,(H,18,19);1H. The molecule has 2 N–H and O–H groups in total. The van der Waals surface area contributed by atoms with Crippen molar-refractivity contribution in [2.75, 3.05) is 13.2 Å². The summed E-state index contributed by atoms with van der Waals surface area (Å²) in [5.74, 6) is 0.0798. The minimum Gasteiger partial charge on any atom is -0.373 e. The number of carbonyl (C=O) groups is 1. The van der Waals surface area contributed by atoms with Gasteiger partial charge in [-0.15, -0.1) is 12.4 Å². The molecular formula is C16H23ClN2O2. The number of hydrogen-bond donors (Lipinski definition) is 2. The van der Waals surface area contributed by atoms with E-state index >= 15 is 0 Å². The molecule has 4 nitrogen and oxygen atoms in total. The molecule has 2 aliphatic rings. The third kappa shape index (κ3) is 3.76. The van der Waals surface area contributed by atoms with E-state index in [1.165, 1.54) is 11.1 Å². The van der Waals surface area contributed by atoms with Gasteiger partial charge in [-0.3, -0.25) is 4.79 Å². The van der Waals surface area contributed by atoms with E-state index in [2.05, 4.69) is 29.7 Å². The van der Waals surface area contributed by atoms with Crippen molar-refractivity contribution >= 4 is 18.3 Å². The summed E-state index contributed by atoms with van der Waals surface area (Å²) in [5.41, 5.74) is 2.39. The highest BCUT2D eigenvalue weighted by atomic mass is 35.5. The molecule has 1 aromatic rings. The van der Waals surface area contributed by atoms with Crippen LogP contribution in [-0.4, -0.2) is 30.7 Å². The van der Waals surface area contributed by atoms with Gasteiger partial charge < -0.3 is 15.4 Å². The van der Waals surface area contributed by atoms with E-state index in [-0.39, 0.29) is 30.0 Å². The third-order valence-electron chi connectivity index (χ3n) is 4.33. The normalized spacial score (nSPS) is 27.6. The minimum atomic E-state index is -0.178. The summed E-state index contributed by atoms with van der Waals surface area (Å²) in [6.45, 7) is 4.25. The van der Waals surface area contributed by atoms with E-state index in [9.17, 15) is 4.79 Å². The Hall–Kier alpha value is -1.10. The Kier molecular flexibility index (Phi) is 5.25. The van der Waals surface area contributed by atoms with Crippen LogP contribution in [0, 0.1) is 0 Å². The van der Waals surface area contributed by atoms with Gasteiger partial charge in [-0.2, -0.15) is 0 Å². The molecule has 2 aliphatic heterocycles. The average Bonchev–Trinajstić information content (AvgIpc) is 2.91. The predicted molar refractivity (Wildman–Crippen MR) is 84.6 cm³/mol. The van der Waals surface area contributed by atoms with Crippen molar-refractivity contribution in [3.63, 3.8) is 0 Å². The Morgan fingerprint density at radius 1 is 1.43 bits per heavy atom. The molecule has 2 atom stereocenters. The number of ether oxygens (including phenoxy) is 1. The molecule has 1 saturated heterocycles. The summed E-state index contributed by atoms with van der Waals surface area (Å²) in [6.07, 6.45) is 2.87. The first-order chi connectivity index (χ1) is 9.66. The van der Waals surface area contributed by atoms with Crippen LogP contribution >= 0.6 is 12.4 Å². The first-order valence-electron chi connectivity index (χ1n) is 7.38. The number of carbonyl (C=O) groups excluding carboxylic acids is 1. The van der Waals surface area contributed by atoms with Gasteiger partial charge in [0.1, 0.15) is 0 Å². The zero-order valence-electron chi connectivity index (χ0n) is 12.4. The number of benzene rings is 1. The molecule has 2 heterocycles. The van der Waals surface area contributed by atoms with Gasteiger partial charge in [0.05, 0.1) is 11.6 Å². The van der Waals surface area contributed by atoms with Crippen LogP contribution in [0.3, 0.4) is 0 Å². The maximum absolute atomic E-state index is 12.3. The SMILES string of the molecule is CC1(CNC(=O)C2Cc3ccccc3CN2)CCCO1.Cl. The van der Waals surface area contributed by atoms with Gasteiger partial charge in [0.15, 0.2) is 0 Å². The highest BCUT2D eigenvalue weighted by Crippen LogP contribution is 2.24. The maximum atomic E-state index is 12.3. The Balaban J connectivity index is 0.00000161. The number of rotatable bonds is 3. The van der Waals surface area contributed by atoms with Gasteiger partial charge in [0, 0.05) is 19.7 Å². The van der Waals surface area contributed by atoms with Crippen LogP contribution in [-0.2, 0) is 22.5 Å². The Morgan fingerprint density at radius 2 is 2.19 bits per heavy atom. The largest absolute Gasteiger partial charge is 0.373 e. The van der Waals surface area contributed by atoms with Gasteiger partial charge in [0.25, 0.3) is 0 Å². The third-order valence-corrected chi connectivity index (χ3v) is 4.33. The number of nitrogens with one attached hydrogen (secondary N) is 2. The van der Waals surface area contributed by atoms with E-state index in [0.29, 0.717) is 6.54 Å². The molecule has 1 aromatic carbocycles. The van der Waals surface area contributed by atoms with Crippen molar-refractivity contribution in [3.8, 4) is 0 Å². The molecule has 116 valence electrons. The fourth-order valence-corrected chi connectivity index (χ4v) is 3.01.